The Kier molecular flexibility index (Phi) is 2.47. The first-order valence-electron chi connectivity index (χ1n) is 3.17. The Hall–Kier alpha value is -1.54. The van der Waals surface area contributed by atoms with Gasteiger partial charge in [-0.15, -0.1) is 0 Å². The SMILES string of the molecule is CC(N=C=O)c1cnccn1. The van der Waals surface area contributed by atoms with E-state index >= 15 is 0 Å². The summed E-state index contributed by atoms with van der Waals surface area (Å²) in [5.74, 6) is 0. The average Bonchev–Trinajstić information content (AvgIpc) is 2.07. The maximum atomic E-state index is 9.85. The topological polar surface area (TPSA) is 55.2 Å². The van der Waals surface area contributed by atoms with Crippen LogP contribution >= 0.6 is 0 Å². The summed E-state index contributed by atoms with van der Waals surface area (Å²) in [6.07, 6.45) is 6.18. The molecule has 0 aliphatic carbocycles. The lowest BCUT2D eigenvalue weighted by Crippen LogP contribution is -1.93. The van der Waals surface area contributed by atoms with Crippen molar-refractivity contribution in [2.45, 2.75) is 13.0 Å². The van der Waals surface area contributed by atoms with Crippen LogP contribution in [0.2, 0.25) is 0 Å². The molecule has 1 atom stereocenters. The van der Waals surface area contributed by atoms with Crippen molar-refractivity contribution in [2.75, 3.05) is 0 Å². The van der Waals surface area contributed by atoms with Crippen molar-refractivity contribution in [1.29, 1.82) is 0 Å². The van der Waals surface area contributed by atoms with Crippen LogP contribution < -0.4 is 0 Å². The molecule has 1 heterocycles. The summed E-state index contributed by atoms with van der Waals surface area (Å²) in [6.45, 7) is 1.76. The third kappa shape index (κ3) is 1.95. The molecule has 0 aliphatic rings. The molecule has 11 heavy (non-hydrogen) atoms. The van der Waals surface area contributed by atoms with E-state index in [0.717, 1.165) is 0 Å². The number of rotatable bonds is 2. The van der Waals surface area contributed by atoms with E-state index in [0.29, 0.717) is 5.69 Å². The van der Waals surface area contributed by atoms with Crippen LogP contribution in [0.3, 0.4) is 0 Å². The Morgan fingerprint density at radius 3 is 3.00 bits per heavy atom. The molecule has 0 bridgehead atoms. The van der Waals surface area contributed by atoms with Crippen LogP contribution in [-0.2, 0) is 4.79 Å². The molecule has 0 radical (unpaired) electrons. The molecule has 0 saturated carbocycles. The van der Waals surface area contributed by atoms with Gasteiger partial charge in [-0.25, -0.2) is 4.79 Å². The average molecular weight is 149 g/mol. The molecule has 0 aliphatic heterocycles. The molecule has 1 rings (SSSR count). The van der Waals surface area contributed by atoms with Crippen LogP contribution in [0.1, 0.15) is 18.7 Å². The molecule has 0 N–H and O–H groups in total. The van der Waals surface area contributed by atoms with Crippen molar-refractivity contribution >= 4 is 6.08 Å². The van der Waals surface area contributed by atoms with Crippen molar-refractivity contribution in [2.24, 2.45) is 4.99 Å². The number of aliphatic imine (C=N–C) groups is 1. The van der Waals surface area contributed by atoms with Gasteiger partial charge < -0.3 is 0 Å². The number of carbonyl (C=O) groups excluding carboxylic acids is 1. The van der Waals surface area contributed by atoms with E-state index in [-0.39, 0.29) is 6.04 Å². The highest BCUT2D eigenvalue weighted by Gasteiger charge is 2.02. The Labute approximate surface area is 64.0 Å². The minimum absolute atomic E-state index is 0.249. The number of isocyanates is 1. The van der Waals surface area contributed by atoms with Crippen LogP contribution in [0.4, 0.5) is 0 Å². The molecule has 56 valence electrons. The van der Waals surface area contributed by atoms with E-state index in [4.69, 9.17) is 0 Å². The van der Waals surface area contributed by atoms with E-state index in [1.54, 1.807) is 25.5 Å². The lowest BCUT2D eigenvalue weighted by atomic mass is 10.3. The van der Waals surface area contributed by atoms with Crippen molar-refractivity contribution < 1.29 is 4.79 Å². The molecule has 4 heteroatoms. The molecule has 0 aromatic carbocycles. The van der Waals surface area contributed by atoms with Crippen LogP contribution in [0, 0.1) is 0 Å². The Balaban J connectivity index is 2.84. The van der Waals surface area contributed by atoms with Crippen molar-refractivity contribution in [1.82, 2.24) is 9.97 Å². The highest BCUT2D eigenvalue weighted by atomic mass is 16.1. The van der Waals surface area contributed by atoms with Crippen LogP contribution in [0.15, 0.2) is 23.6 Å². The Bertz CT molecular complexity index is 266. The highest BCUT2D eigenvalue weighted by Crippen LogP contribution is 2.09. The van der Waals surface area contributed by atoms with Crippen LogP contribution in [0.25, 0.3) is 0 Å². The molecule has 1 aromatic heterocycles. The lowest BCUT2D eigenvalue weighted by Gasteiger charge is -1.99. The fraction of sp³-hybridized carbons (Fsp3) is 0.286. The molecule has 0 fully saturated rings. The van der Waals surface area contributed by atoms with E-state index in [2.05, 4.69) is 15.0 Å². The van der Waals surface area contributed by atoms with Gasteiger partial charge in [0.05, 0.1) is 11.9 Å². The number of hydrogen-bond acceptors (Lipinski definition) is 4. The predicted octanol–water partition coefficient (Wildman–Crippen LogP) is 0.873. The van der Waals surface area contributed by atoms with Crippen LogP contribution in [-0.4, -0.2) is 16.0 Å². The molecule has 4 nitrogen and oxygen atoms in total. The van der Waals surface area contributed by atoms with Gasteiger partial charge in [0.25, 0.3) is 0 Å². The Morgan fingerprint density at radius 2 is 2.45 bits per heavy atom. The summed E-state index contributed by atoms with van der Waals surface area (Å²) in [5.41, 5.74) is 0.677. The van der Waals surface area contributed by atoms with Gasteiger partial charge in [0.15, 0.2) is 0 Å². The first kappa shape index (κ1) is 7.57. The van der Waals surface area contributed by atoms with Crippen molar-refractivity contribution in [3.05, 3.63) is 24.3 Å². The number of hydrogen-bond donors (Lipinski definition) is 0. The number of aromatic nitrogens is 2. The quantitative estimate of drug-likeness (QED) is 0.463. The van der Waals surface area contributed by atoms with Gasteiger partial charge in [0.2, 0.25) is 6.08 Å². The molecule has 0 saturated heterocycles. The fourth-order valence-corrected chi connectivity index (χ4v) is 0.672. The summed E-state index contributed by atoms with van der Waals surface area (Å²) >= 11 is 0. The minimum Gasteiger partial charge on any atom is -0.261 e. The van der Waals surface area contributed by atoms with E-state index in [9.17, 15) is 4.79 Å². The van der Waals surface area contributed by atoms with Gasteiger partial charge >= 0.3 is 0 Å². The molecule has 1 unspecified atom stereocenters. The minimum atomic E-state index is -0.249. The highest BCUT2D eigenvalue weighted by molar-refractivity contribution is 5.34. The first-order valence-corrected chi connectivity index (χ1v) is 3.17. The first-order chi connectivity index (χ1) is 5.34. The zero-order chi connectivity index (χ0) is 8.10. The molecule has 0 spiro atoms. The summed E-state index contributed by atoms with van der Waals surface area (Å²) in [5, 5.41) is 0. The third-order valence-electron chi connectivity index (χ3n) is 1.26. The second-order valence-corrected chi connectivity index (χ2v) is 2.03. The molecular formula is C7H7N3O. The zero-order valence-electron chi connectivity index (χ0n) is 6.06. The van der Waals surface area contributed by atoms with E-state index < -0.39 is 0 Å². The smallest absolute Gasteiger partial charge is 0.235 e. The fourth-order valence-electron chi connectivity index (χ4n) is 0.672. The molecule has 0 amide bonds. The molecular weight excluding hydrogens is 142 g/mol. The maximum Gasteiger partial charge on any atom is 0.235 e. The molecule has 1 aromatic rings. The van der Waals surface area contributed by atoms with E-state index in [1.165, 1.54) is 6.08 Å². The summed E-state index contributed by atoms with van der Waals surface area (Å²) in [7, 11) is 0. The maximum absolute atomic E-state index is 9.85. The summed E-state index contributed by atoms with van der Waals surface area (Å²) < 4.78 is 0. The van der Waals surface area contributed by atoms with Gasteiger partial charge in [-0.2, -0.15) is 4.99 Å². The third-order valence-corrected chi connectivity index (χ3v) is 1.26. The summed E-state index contributed by atoms with van der Waals surface area (Å²) in [4.78, 5) is 21.1. The predicted molar refractivity (Wildman–Crippen MR) is 38.6 cm³/mol. The lowest BCUT2D eigenvalue weighted by molar-refractivity contribution is 0.559. The van der Waals surface area contributed by atoms with Gasteiger partial charge in [-0.3, -0.25) is 9.97 Å². The van der Waals surface area contributed by atoms with Crippen LogP contribution in [0.5, 0.6) is 0 Å². The van der Waals surface area contributed by atoms with Gasteiger partial charge in [0.1, 0.15) is 6.04 Å². The van der Waals surface area contributed by atoms with Crippen molar-refractivity contribution in [3.8, 4) is 0 Å². The largest absolute Gasteiger partial charge is 0.261 e. The second kappa shape index (κ2) is 3.58. The second-order valence-electron chi connectivity index (χ2n) is 2.03. The summed E-state index contributed by atoms with van der Waals surface area (Å²) in [6, 6.07) is -0.249. The standard InChI is InChI=1S/C7H7N3O/c1-6(10-5-11)7-4-8-2-3-9-7/h2-4,6H,1H3. The monoisotopic (exact) mass is 149 g/mol. The Morgan fingerprint density at radius 1 is 1.64 bits per heavy atom. The normalized spacial score (nSPS) is 11.7. The van der Waals surface area contributed by atoms with Crippen molar-refractivity contribution in [3.63, 3.8) is 0 Å². The van der Waals surface area contributed by atoms with Gasteiger partial charge in [0, 0.05) is 12.4 Å². The number of nitrogens with zero attached hydrogens (tertiary/aromatic N) is 3. The zero-order valence-corrected chi connectivity index (χ0v) is 6.06. The van der Waals surface area contributed by atoms with Gasteiger partial charge in [-0.1, -0.05) is 0 Å². The van der Waals surface area contributed by atoms with E-state index in [1.807, 2.05) is 0 Å². The van der Waals surface area contributed by atoms with Gasteiger partial charge in [-0.05, 0) is 6.92 Å².